The van der Waals surface area contributed by atoms with Crippen LogP contribution in [0.3, 0.4) is 0 Å². The number of nitrogens with zero attached hydrogens (tertiary/aromatic N) is 4. The molecular weight excluding hydrogens is 252 g/mol. The number of fused-ring (bicyclic) bond motifs is 1. The third-order valence-electron chi connectivity index (χ3n) is 3.17. The first-order chi connectivity index (χ1) is 8.67. The Labute approximate surface area is 109 Å². The van der Waals surface area contributed by atoms with Gasteiger partial charge >= 0.3 is 5.97 Å². The van der Waals surface area contributed by atoms with Gasteiger partial charge < -0.3 is 4.74 Å². The minimum atomic E-state index is -0.665. The fourth-order valence-corrected chi connectivity index (χ4v) is 3.09. The Morgan fingerprint density at radius 3 is 2.72 bits per heavy atom. The highest BCUT2D eigenvalue weighted by molar-refractivity contribution is 7.16. The first kappa shape index (κ1) is 12.9. The van der Waals surface area contributed by atoms with Gasteiger partial charge in [0.2, 0.25) is 4.96 Å². The van der Waals surface area contributed by atoms with Crippen LogP contribution in [0.2, 0.25) is 0 Å². The highest BCUT2D eigenvalue weighted by Gasteiger charge is 2.42. The second kappa shape index (κ2) is 5.01. The zero-order valence-corrected chi connectivity index (χ0v) is 11.5. The van der Waals surface area contributed by atoms with Gasteiger partial charge in [0.25, 0.3) is 0 Å². The lowest BCUT2D eigenvalue weighted by Gasteiger charge is -2.26. The minimum absolute atomic E-state index is 0.208. The largest absolute Gasteiger partial charge is 0.465 e. The molecule has 0 radical (unpaired) electrons. The van der Waals surface area contributed by atoms with E-state index < -0.39 is 5.41 Å². The molecule has 98 valence electrons. The van der Waals surface area contributed by atoms with Crippen molar-refractivity contribution in [3.8, 4) is 0 Å². The Morgan fingerprint density at radius 1 is 1.44 bits per heavy atom. The Morgan fingerprint density at radius 2 is 2.17 bits per heavy atom. The predicted octanol–water partition coefficient (Wildman–Crippen LogP) is 1.81. The molecule has 0 aliphatic rings. The van der Waals surface area contributed by atoms with Crippen molar-refractivity contribution in [2.75, 3.05) is 6.61 Å². The summed E-state index contributed by atoms with van der Waals surface area (Å²) in [7, 11) is 0. The highest BCUT2D eigenvalue weighted by Crippen LogP contribution is 2.35. The molecule has 0 N–H and O–H groups in total. The van der Waals surface area contributed by atoms with E-state index in [0.29, 0.717) is 24.4 Å². The van der Waals surface area contributed by atoms with Crippen molar-refractivity contribution in [2.24, 2.45) is 0 Å². The van der Waals surface area contributed by atoms with Gasteiger partial charge in [-0.05, 0) is 19.8 Å². The minimum Gasteiger partial charge on any atom is -0.465 e. The van der Waals surface area contributed by atoms with Crippen LogP contribution in [0.4, 0.5) is 0 Å². The van der Waals surface area contributed by atoms with E-state index in [9.17, 15) is 4.79 Å². The standard InChI is InChI=1S/C11H16N4O2S/c1-4-11(5-2,9(16)17-6-3)8-14-15-7-12-13-10(15)18-8/h7H,4-6H2,1-3H3. The molecule has 0 bridgehead atoms. The maximum Gasteiger partial charge on any atom is 0.319 e. The second-order valence-corrected chi connectivity index (χ2v) is 4.93. The Kier molecular flexibility index (Phi) is 3.60. The summed E-state index contributed by atoms with van der Waals surface area (Å²) in [6.07, 6.45) is 2.86. The van der Waals surface area contributed by atoms with Crippen molar-refractivity contribution in [1.82, 2.24) is 19.8 Å². The third kappa shape index (κ3) is 1.88. The molecule has 7 heteroatoms. The molecule has 0 spiro atoms. The summed E-state index contributed by atoms with van der Waals surface area (Å²) in [5.41, 5.74) is -0.665. The number of esters is 1. The molecule has 0 aliphatic heterocycles. The summed E-state index contributed by atoms with van der Waals surface area (Å²) in [6, 6.07) is 0. The van der Waals surface area contributed by atoms with Gasteiger partial charge in [-0.15, -0.1) is 10.2 Å². The van der Waals surface area contributed by atoms with Gasteiger partial charge in [-0.1, -0.05) is 25.2 Å². The second-order valence-electron chi connectivity index (χ2n) is 3.97. The number of aromatic nitrogens is 4. The van der Waals surface area contributed by atoms with Gasteiger partial charge in [-0.2, -0.15) is 9.61 Å². The fraction of sp³-hybridized carbons (Fsp3) is 0.636. The van der Waals surface area contributed by atoms with Crippen LogP contribution in [0.5, 0.6) is 0 Å². The van der Waals surface area contributed by atoms with Crippen molar-refractivity contribution in [3.63, 3.8) is 0 Å². The molecular formula is C11H16N4O2S. The van der Waals surface area contributed by atoms with E-state index in [-0.39, 0.29) is 5.97 Å². The molecule has 0 aromatic carbocycles. The number of hydrogen-bond acceptors (Lipinski definition) is 6. The van der Waals surface area contributed by atoms with Crippen molar-refractivity contribution >= 4 is 22.3 Å². The van der Waals surface area contributed by atoms with Crippen molar-refractivity contribution in [2.45, 2.75) is 39.0 Å². The number of ether oxygens (including phenoxy) is 1. The van der Waals surface area contributed by atoms with E-state index in [0.717, 1.165) is 5.01 Å². The summed E-state index contributed by atoms with van der Waals surface area (Å²) in [5.74, 6) is -0.208. The van der Waals surface area contributed by atoms with E-state index in [2.05, 4.69) is 15.3 Å². The molecule has 2 aromatic rings. The maximum absolute atomic E-state index is 12.2. The lowest BCUT2D eigenvalue weighted by Crippen LogP contribution is -2.36. The third-order valence-corrected chi connectivity index (χ3v) is 4.29. The van der Waals surface area contributed by atoms with E-state index in [1.165, 1.54) is 17.7 Å². The molecule has 0 fully saturated rings. The molecule has 18 heavy (non-hydrogen) atoms. The smallest absolute Gasteiger partial charge is 0.319 e. The first-order valence-corrected chi connectivity index (χ1v) is 6.84. The van der Waals surface area contributed by atoms with Gasteiger partial charge in [-0.25, -0.2) is 0 Å². The molecule has 0 amide bonds. The average Bonchev–Trinajstić information content (AvgIpc) is 2.93. The number of carbonyl (C=O) groups is 1. The van der Waals surface area contributed by atoms with Gasteiger partial charge in [0.1, 0.15) is 16.7 Å². The van der Waals surface area contributed by atoms with Gasteiger partial charge in [-0.3, -0.25) is 4.79 Å². The average molecular weight is 268 g/mol. The summed E-state index contributed by atoms with van der Waals surface area (Å²) < 4.78 is 6.80. The zero-order valence-electron chi connectivity index (χ0n) is 10.7. The summed E-state index contributed by atoms with van der Waals surface area (Å²) in [5, 5.41) is 12.9. The van der Waals surface area contributed by atoms with Crippen LogP contribution in [0, 0.1) is 0 Å². The van der Waals surface area contributed by atoms with Crippen LogP contribution in [0.1, 0.15) is 38.6 Å². The lowest BCUT2D eigenvalue weighted by atomic mass is 9.83. The van der Waals surface area contributed by atoms with Crippen molar-refractivity contribution in [3.05, 3.63) is 11.3 Å². The fourth-order valence-electron chi connectivity index (χ4n) is 1.95. The number of carbonyl (C=O) groups excluding carboxylic acids is 1. The van der Waals surface area contributed by atoms with E-state index in [1.54, 1.807) is 4.52 Å². The van der Waals surface area contributed by atoms with E-state index in [1.807, 2.05) is 20.8 Å². The Balaban J connectivity index is 2.46. The molecule has 0 saturated carbocycles. The molecule has 6 nitrogen and oxygen atoms in total. The number of rotatable bonds is 5. The molecule has 0 aliphatic carbocycles. The van der Waals surface area contributed by atoms with Crippen molar-refractivity contribution in [1.29, 1.82) is 0 Å². The predicted molar refractivity (Wildman–Crippen MR) is 67.6 cm³/mol. The van der Waals surface area contributed by atoms with Crippen LogP contribution in [0.15, 0.2) is 6.33 Å². The van der Waals surface area contributed by atoms with E-state index >= 15 is 0 Å². The van der Waals surface area contributed by atoms with Gasteiger partial charge in [0, 0.05) is 0 Å². The topological polar surface area (TPSA) is 69.4 Å². The quantitative estimate of drug-likeness (QED) is 0.773. The maximum atomic E-state index is 12.2. The molecule has 0 atom stereocenters. The van der Waals surface area contributed by atoms with Crippen LogP contribution < -0.4 is 0 Å². The monoisotopic (exact) mass is 268 g/mol. The summed E-state index contributed by atoms with van der Waals surface area (Å²) >= 11 is 1.39. The van der Waals surface area contributed by atoms with Gasteiger partial charge in [0.15, 0.2) is 0 Å². The highest BCUT2D eigenvalue weighted by atomic mass is 32.1. The Hall–Kier alpha value is -1.50. The summed E-state index contributed by atoms with van der Waals surface area (Å²) in [6.45, 7) is 6.14. The molecule has 2 rings (SSSR count). The molecule has 0 unspecified atom stereocenters. The van der Waals surface area contributed by atoms with Crippen LogP contribution in [0.25, 0.3) is 4.96 Å². The molecule has 0 saturated heterocycles. The van der Waals surface area contributed by atoms with Gasteiger partial charge in [0.05, 0.1) is 6.61 Å². The van der Waals surface area contributed by atoms with Crippen LogP contribution >= 0.6 is 11.3 Å². The van der Waals surface area contributed by atoms with Crippen LogP contribution in [-0.4, -0.2) is 32.4 Å². The SMILES string of the molecule is CCOC(=O)C(CC)(CC)c1nn2cnnc2s1. The Bertz CT molecular complexity index is 515. The number of hydrogen-bond donors (Lipinski definition) is 0. The normalized spacial score (nSPS) is 11.9. The van der Waals surface area contributed by atoms with E-state index in [4.69, 9.17) is 4.74 Å². The molecule has 2 heterocycles. The van der Waals surface area contributed by atoms with Crippen molar-refractivity contribution < 1.29 is 9.53 Å². The zero-order chi connectivity index (χ0) is 13.2. The first-order valence-electron chi connectivity index (χ1n) is 6.02. The van der Waals surface area contributed by atoms with Crippen LogP contribution in [-0.2, 0) is 14.9 Å². The summed E-state index contributed by atoms with van der Waals surface area (Å²) in [4.78, 5) is 12.9. The lowest BCUT2D eigenvalue weighted by molar-refractivity contribution is -0.150. The molecule has 2 aromatic heterocycles.